The highest BCUT2D eigenvalue weighted by Gasteiger charge is 2.28. The molecule has 0 spiro atoms. The summed E-state index contributed by atoms with van der Waals surface area (Å²) in [5, 5.41) is 0. The molecule has 5 nitrogen and oxygen atoms in total. The number of benzene rings is 1. The Morgan fingerprint density at radius 1 is 1.04 bits per heavy atom. The third-order valence-corrected chi connectivity index (χ3v) is 5.73. The van der Waals surface area contributed by atoms with Gasteiger partial charge < -0.3 is 14.5 Å². The highest BCUT2D eigenvalue weighted by molar-refractivity contribution is 8.00. The van der Waals surface area contributed by atoms with Crippen LogP contribution in [-0.2, 0) is 20.7 Å². The second kappa shape index (κ2) is 9.25. The van der Waals surface area contributed by atoms with Crippen LogP contribution in [0.2, 0.25) is 0 Å². The fourth-order valence-corrected chi connectivity index (χ4v) is 4.27. The van der Waals surface area contributed by atoms with E-state index in [1.165, 1.54) is 17.3 Å². The van der Waals surface area contributed by atoms with Crippen LogP contribution in [-0.4, -0.2) is 72.0 Å². The van der Waals surface area contributed by atoms with E-state index in [4.69, 9.17) is 4.74 Å². The summed E-state index contributed by atoms with van der Waals surface area (Å²) in [6, 6.07) is 10.6. The zero-order valence-electron chi connectivity index (χ0n) is 14.6. The van der Waals surface area contributed by atoms with Crippen molar-refractivity contribution in [2.45, 2.75) is 25.3 Å². The number of likely N-dealkylation sites (tertiary alicyclic amines) is 1. The normalized spacial score (nSPS) is 20.7. The molecule has 0 aromatic heterocycles. The third-order valence-electron chi connectivity index (χ3n) is 4.83. The minimum atomic E-state index is 0.114. The van der Waals surface area contributed by atoms with Crippen LogP contribution < -0.4 is 0 Å². The second-order valence-electron chi connectivity index (χ2n) is 6.56. The molecule has 0 aliphatic carbocycles. The Morgan fingerprint density at radius 3 is 2.52 bits per heavy atom. The Bertz CT molecular complexity index is 575. The van der Waals surface area contributed by atoms with Gasteiger partial charge in [0.1, 0.15) is 0 Å². The molecule has 2 amide bonds. The molecule has 0 N–H and O–H groups in total. The lowest BCUT2D eigenvalue weighted by Crippen LogP contribution is -2.42. The molecule has 1 aromatic rings. The Hall–Kier alpha value is -1.53. The highest BCUT2D eigenvalue weighted by atomic mass is 32.2. The molecule has 2 aliphatic heterocycles. The lowest BCUT2D eigenvalue weighted by atomic mass is 10.0. The van der Waals surface area contributed by atoms with Crippen molar-refractivity contribution in [1.82, 2.24) is 9.80 Å². The SMILES string of the molecule is O=C(CSCC(=O)N1CCCC1Cc1ccccc1)N1CCOCC1. The van der Waals surface area contributed by atoms with E-state index >= 15 is 0 Å². The Morgan fingerprint density at radius 2 is 1.76 bits per heavy atom. The summed E-state index contributed by atoms with van der Waals surface area (Å²) < 4.78 is 5.26. The van der Waals surface area contributed by atoms with E-state index in [0.717, 1.165) is 25.8 Å². The summed E-state index contributed by atoms with van der Waals surface area (Å²) in [6.07, 6.45) is 3.06. The number of carbonyl (C=O) groups is 2. The van der Waals surface area contributed by atoms with E-state index in [1.807, 2.05) is 28.0 Å². The summed E-state index contributed by atoms with van der Waals surface area (Å²) in [5.74, 6) is 1.05. The first-order valence-electron chi connectivity index (χ1n) is 9.00. The van der Waals surface area contributed by atoms with Gasteiger partial charge in [0.05, 0.1) is 24.7 Å². The quantitative estimate of drug-likeness (QED) is 0.774. The van der Waals surface area contributed by atoms with Crippen LogP contribution >= 0.6 is 11.8 Å². The van der Waals surface area contributed by atoms with E-state index in [2.05, 4.69) is 12.1 Å². The molecule has 0 bridgehead atoms. The molecule has 1 unspecified atom stereocenters. The van der Waals surface area contributed by atoms with Gasteiger partial charge >= 0.3 is 0 Å². The van der Waals surface area contributed by atoms with E-state index in [-0.39, 0.29) is 11.8 Å². The molecule has 0 saturated carbocycles. The summed E-state index contributed by atoms with van der Waals surface area (Å²) in [4.78, 5) is 28.5. The van der Waals surface area contributed by atoms with E-state index in [9.17, 15) is 9.59 Å². The topological polar surface area (TPSA) is 49.9 Å². The molecule has 2 heterocycles. The second-order valence-corrected chi connectivity index (χ2v) is 7.54. The van der Waals surface area contributed by atoms with Crippen molar-refractivity contribution in [3.63, 3.8) is 0 Å². The van der Waals surface area contributed by atoms with Gasteiger partial charge in [0.15, 0.2) is 0 Å². The molecule has 0 radical (unpaired) electrons. The van der Waals surface area contributed by atoms with Gasteiger partial charge in [-0.2, -0.15) is 0 Å². The van der Waals surface area contributed by atoms with Gasteiger partial charge in [-0.1, -0.05) is 30.3 Å². The largest absolute Gasteiger partial charge is 0.378 e. The van der Waals surface area contributed by atoms with Crippen molar-refractivity contribution in [2.75, 3.05) is 44.4 Å². The predicted molar refractivity (Wildman–Crippen MR) is 99.6 cm³/mol. The van der Waals surface area contributed by atoms with Crippen molar-refractivity contribution in [2.24, 2.45) is 0 Å². The maximum Gasteiger partial charge on any atom is 0.232 e. The number of hydrogen-bond acceptors (Lipinski definition) is 4. The highest BCUT2D eigenvalue weighted by Crippen LogP contribution is 2.22. The first kappa shape index (κ1) is 18.3. The number of hydrogen-bond donors (Lipinski definition) is 0. The average Bonchev–Trinajstić information content (AvgIpc) is 3.11. The molecule has 2 saturated heterocycles. The van der Waals surface area contributed by atoms with Crippen molar-refractivity contribution in [3.05, 3.63) is 35.9 Å². The van der Waals surface area contributed by atoms with Crippen LogP contribution in [0.4, 0.5) is 0 Å². The fourth-order valence-electron chi connectivity index (χ4n) is 3.48. The Kier molecular flexibility index (Phi) is 6.76. The van der Waals surface area contributed by atoms with Gasteiger partial charge in [-0.3, -0.25) is 9.59 Å². The predicted octanol–water partition coefficient (Wildman–Crippen LogP) is 1.81. The van der Waals surface area contributed by atoms with E-state index < -0.39 is 0 Å². The van der Waals surface area contributed by atoms with Gasteiger partial charge in [-0.15, -0.1) is 11.8 Å². The van der Waals surface area contributed by atoms with Gasteiger partial charge in [-0.05, 0) is 24.8 Å². The van der Waals surface area contributed by atoms with Gasteiger partial charge in [-0.25, -0.2) is 0 Å². The lowest BCUT2D eigenvalue weighted by Gasteiger charge is -2.27. The van der Waals surface area contributed by atoms with E-state index in [1.54, 1.807) is 0 Å². The molecule has 2 fully saturated rings. The number of ether oxygens (including phenoxy) is 1. The summed E-state index contributed by atoms with van der Waals surface area (Å²) in [7, 11) is 0. The van der Waals surface area contributed by atoms with Crippen molar-refractivity contribution >= 4 is 23.6 Å². The van der Waals surface area contributed by atoms with Crippen molar-refractivity contribution in [3.8, 4) is 0 Å². The van der Waals surface area contributed by atoms with Gasteiger partial charge in [0, 0.05) is 25.7 Å². The van der Waals surface area contributed by atoms with Crippen LogP contribution in [0.5, 0.6) is 0 Å². The minimum absolute atomic E-state index is 0.114. The average molecular weight is 362 g/mol. The van der Waals surface area contributed by atoms with Crippen LogP contribution in [0, 0.1) is 0 Å². The number of morpholine rings is 1. The Balaban J connectivity index is 1.43. The molecular formula is C19H26N2O3S. The number of amides is 2. The van der Waals surface area contributed by atoms with E-state index in [0.29, 0.717) is 43.9 Å². The minimum Gasteiger partial charge on any atom is -0.378 e. The smallest absolute Gasteiger partial charge is 0.232 e. The third kappa shape index (κ3) is 5.22. The molecule has 3 rings (SSSR count). The van der Waals surface area contributed by atoms with Crippen molar-refractivity contribution < 1.29 is 14.3 Å². The summed E-state index contributed by atoms with van der Waals surface area (Å²) >= 11 is 1.44. The van der Waals surface area contributed by atoms with Crippen LogP contribution in [0.3, 0.4) is 0 Å². The number of carbonyl (C=O) groups excluding carboxylic acids is 2. The summed E-state index contributed by atoms with van der Waals surface area (Å²) in [6.45, 7) is 3.40. The molecule has 2 aliphatic rings. The summed E-state index contributed by atoms with van der Waals surface area (Å²) in [5.41, 5.74) is 1.28. The monoisotopic (exact) mass is 362 g/mol. The number of thioether (sulfide) groups is 1. The molecule has 25 heavy (non-hydrogen) atoms. The first-order valence-corrected chi connectivity index (χ1v) is 10.2. The van der Waals surface area contributed by atoms with Crippen LogP contribution in [0.15, 0.2) is 30.3 Å². The lowest BCUT2D eigenvalue weighted by molar-refractivity contribution is -0.132. The maximum absolute atomic E-state index is 12.6. The molecule has 136 valence electrons. The maximum atomic E-state index is 12.6. The molecule has 1 aromatic carbocycles. The van der Waals surface area contributed by atoms with Crippen molar-refractivity contribution in [1.29, 1.82) is 0 Å². The van der Waals surface area contributed by atoms with Crippen LogP contribution in [0.25, 0.3) is 0 Å². The molecule has 1 atom stereocenters. The first-order chi connectivity index (χ1) is 12.2. The zero-order valence-corrected chi connectivity index (χ0v) is 15.4. The number of nitrogens with zero attached hydrogens (tertiary/aromatic N) is 2. The molecular weight excluding hydrogens is 336 g/mol. The standard InChI is InChI=1S/C19H26N2O3S/c22-18(20-9-11-24-12-10-20)14-25-15-19(23)21-8-4-7-17(21)13-16-5-2-1-3-6-16/h1-3,5-6,17H,4,7-15H2. The molecule has 6 heteroatoms. The fraction of sp³-hybridized carbons (Fsp3) is 0.579. The van der Waals surface area contributed by atoms with Gasteiger partial charge in [0.2, 0.25) is 11.8 Å². The van der Waals surface area contributed by atoms with Crippen LogP contribution in [0.1, 0.15) is 18.4 Å². The van der Waals surface area contributed by atoms with Gasteiger partial charge in [0.25, 0.3) is 0 Å². The number of rotatable bonds is 6. The zero-order chi connectivity index (χ0) is 17.5. The Labute approximate surface area is 153 Å².